The molecule has 30 heavy (non-hydrogen) atoms. The van der Waals surface area contributed by atoms with Crippen LogP contribution in [0.4, 0.5) is 15.8 Å². The van der Waals surface area contributed by atoms with Crippen LogP contribution in [0.1, 0.15) is 32.3 Å². The van der Waals surface area contributed by atoms with Crippen LogP contribution in [0, 0.1) is 5.82 Å². The van der Waals surface area contributed by atoms with E-state index in [-0.39, 0.29) is 21.9 Å². The van der Waals surface area contributed by atoms with E-state index < -0.39 is 15.8 Å². The molecular formula is C22H26FN3O3S. The maximum Gasteiger partial charge on any atom is 0.261 e. The summed E-state index contributed by atoms with van der Waals surface area (Å²) in [5.41, 5.74) is 1.65. The first-order valence-electron chi connectivity index (χ1n) is 10.1. The van der Waals surface area contributed by atoms with E-state index in [4.69, 9.17) is 0 Å². The van der Waals surface area contributed by atoms with E-state index in [1.807, 2.05) is 23.6 Å². The minimum absolute atomic E-state index is 0.112. The smallest absolute Gasteiger partial charge is 0.261 e. The van der Waals surface area contributed by atoms with E-state index in [0.29, 0.717) is 13.1 Å². The summed E-state index contributed by atoms with van der Waals surface area (Å²) in [5, 5.41) is 0. The van der Waals surface area contributed by atoms with Gasteiger partial charge in [-0.3, -0.25) is 9.52 Å². The van der Waals surface area contributed by atoms with Crippen molar-refractivity contribution in [1.82, 2.24) is 4.90 Å². The molecule has 0 aliphatic carbocycles. The summed E-state index contributed by atoms with van der Waals surface area (Å²) in [7, 11) is -3.87. The van der Waals surface area contributed by atoms with Gasteiger partial charge in [0.15, 0.2) is 0 Å². The normalized spacial score (nSPS) is 17.8. The summed E-state index contributed by atoms with van der Waals surface area (Å²) in [6.45, 7) is 6.65. The first-order valence-corrected chi connectivity index (χ1v) is 11.6. The molecule has 0 saturated carbocycles. The monoisotopic (exact) mass is 431 g/mol. The van der Waals surface area contributed by atoms with Gasteiger partial charge in [-0.05, 0) is 54.8 Å². The number of halogens is 1. The van der Waals surface area contributed by atoms with Gasteiger partial charge in [-0.15, -0.1) is 0 Å². The molecule has 2 aliphatic rings. The molecule has 1 amide bonds. The Morgan fingerprint density at radius 3 is 2.57 bits per heavy atom. The van der Waals surface area contributed by atoms with Crippen molar-refractivity contribution in [3.63, 3.8) is 0 Å². The van der Waals surface area contributed by atoms with Gasteiger partial charge in [-0.1, -0.05) is 19.9 Å². The Bertz CT molecular complexity index is 1080. The van der Waals surface area contributed by atoms with Crippen LogP contribution in [0.2, 0.25) is 0 Å². The number of hydrogen-bond donors (Lipinski definition) is 1. The number of nitrogens with one attached hydrogen (secondary N) is 1. The number of hydrogen-bond acceptors (Lipinski definition) is 4. The van der Waals surface area contributed by atoms with E-state index in [1.165, 1.54) is 24.3 Å². The van der Waals surface area contributed by atoms with E-state index in [1.54, 1.807) is 12.1 Å². The van der Waals surface area contributed by atoms with Gasteiger partial charge in [0.25, 0.3) is 10.0 Å². The van der Waals surface area contributed by atoms with Crippen LogP contribution >= 0.6 is 0 Å². The third-order valence-corrected chi connectivity index (χ3v) is 7.17. The molecule has 8 heteroatoms. The molecule has 160 valence electrons. The lowest BCUT2D eigenvalue weighted by molar-refractivity contribution is -0.128. The molecule has 6 nitrogen and oxygen atoms in total. The molecule has 0 unspecified atom stereocenters. The third-order valence-electron chi connectivity index (χ3n) is 5.80. The second kappa shape index (κ2) is 7.58. The summed E-state index contributed by atoms with van der Waals surface area (Å²) < 4.78 is 41.5. The van der Waals surface area contributed by atoms with Crippen molar-refractivity contribution in [2.75, 3.05) is 35.8 Å². The molecular weight excluding hydrogens is 405 g/mol. The van der Waals surface area contributed by atoms with Gasteiger partial charge in [0.2, 0.25) is 5.91 Å². The molecule has 0 aromatic heterocycles. The molecule has 1 N–H and O–H groups in total. The minimum atomic E-state index is -3.87. The van der Waals surface area contributed by atoms with Crippen LogP contribution in [0.3, 0.4) is 0 Å². The fourth-order valence-corrected chi connectivity index (χ4v) is 5.36. The van der Waals surface area contributed by atoms with E-state index in [9.17, 15) is 17.6 Å². The van der Waals surface area contributed by atoms with Gasteiger partial charge in [-0.25, -0.2) is 12.8 Å². The first kappa shape index (κ1) is 20.7. The Morgan fingerprint density at radius 1 is 1.13 bits per heavy atom. The zero-order valence-electron chi connectivity index (χ0n) is 17.2. The Kier molecular flexibility index (Phi) is 5.22. The summed E-state index contributed by atoms with van der Waals surface area (Å²) >= 11 is 0. The Hall–Kier alpha value is -2.61. The molecule has 2 heterocycles. The Morgan fingerprint density at radius 2 is 1.87 bits per heavy atom. The lowest BCUT2D eigenvalue weighted by atomic mass is 9.87. The lowest BCUT2D eigenvalue weighted by Gasteiger charge is -2.24. The van der Waals surface area contributed by atoms with Crippen molar-refractivity contribution in [2.45, 2.75) is 37.0 Å². The minimum Gasteiger partial charge on any atom is -0.361 e. The van der Waals surface area contributed by atoms with Crippen LogP contribution < -0.4 is 9.62 Å². The van der Waals surface area contributed by atoms with E-state index in [2.05, 4.69) is 4.72 Å². The number of carbonyl (C=O) groups is 1. The molecule has 0 spiro atoms. The van der Waals surface area contributed by atoms with E-state index >= 15 is 0 Å². The highest BCUT2D eigenvalue weighted by atomic mass is 32.2. The summed E-state index contributed by atoms with van der Waals surface area (Å²) in [4.78, 5) is 16.7. The highest BCUT2D eigenvalue weighted by molar-refractivity contribution is 7.92. The average molecular weight is 432 g/mol. The Labute approximate surface area is 176 Å². The van der Waals surface area contributed by atoms with Gasteiger partial charge in [0.1, 0.15) is 5.82 Å². The second-order valence-electron chi connectivity index (χ2n) is 8.62. The van der Waals surface area contributed by atoms with Crippen molar-refractivity contribution in [2.24, 2.45) is 0 Å². The molecule has 4 rings (SSSR count). The van der Waals surface area contributed by atoms with Gasteiger partial charge in [0, 0.05) is 30.7 Å². The van der Waals surface area contributed by atoms with Crippen LogP contribution in [-0.2, 0) is 20.2 Å². The highest BCUT2D eigenvalue weighted by Crippen LogP contribution is 2.41. The number of nitrogens with zero attached hydrogens (tertiary/aromatic N) is 2. The number of fused-ring (bicyclic) bond motifs is 1. The topological polar surface area (TPSA) is 69.7 Å². The summed E-state index contributed by atoms with van der Waals surface area (Å²) in [5.74, 6) is -0.399. The molecule has 0 atom stereocenters. The molecule has 2 aromatic rings. The van der Waals surface area contributed by atoms with Gasteiger partial charge in [0.05, 0.1) is 17.1 Å². The van der Waals surface area contributed by atoms with E-state index in [0.717, 1.165) is 43.2 Å². The third kappa shape index (κ3) is 4.01. The summed E-state index contributed by atoms with van der Waals surface area (Å²) in [6.07, 6.45) is 2.10. The average Bonchev–Trinajstić information content (AvgIpc) is 3.28. The number of rotatable bonds is 5. The number of likely N-dealkylation sites (tertiary alicyclic amines) is 1. The zero-order chi connectivity index (χ0) is 21.5. The quantitative estimate of drug-likeness (QED) is 0.788. The lowest BCUT2D eigenvalue weighted by Crippen LogP contribution is -2.40. The van der Waals surface area contributed by atoms with Gasteiger partial charge in [-0.2, -0.15) is 0 Å². The van der Waals surface area contributed by atoms with Crippen LogP contribution in [0.25, 0.3) is 0 Å². The van der Waals surface area contributed by atoms with Crippen molar-refractivity contribution >= 4 is 27.3 Å². The molecule has 2 aromatic carbocycles. The van der Waals surface area contributed by atoms with Crippen LogP contribution in [0.5, 0.6) is 0 Å². The highest BCUT2D eigenvalue weighted by Gasteiger charge is 2.37. The zero-order valence-corrected chi connectivity index (χ0v) is 18.0. The number of amides is 1. The number of anilines is 2. The van der Waals surface area contributed by atoms with Crippen LogP contribution in [-0.4, -0.2) is 45.4 Å². The number of benzene rings is 2. The summed E-state index contributed by atoms with van der Waals surface area (Å²) in [6, 6.07) is 10.3. The molecule has 0 radical (unpaired) electrons. The fourth-order valence-electron chi connectivity index (χ4n) is 4.28. The van der Waals surface area contributed by atoms with Gasteiger partial charge >= 0.3 is 0 Å². The van der Waals surface area contributed by atoms with Crippen molar-refractivity contribution < 1.29 is 17.6 Å². The molecule has 2 aliphatic heterocycles. The standard InChI is InChI=1S/C22H26FN3O3S/c1-22(2)15-26(14-21(27)25-10-3-4-11-25)20-9-8-18(13-19(20)22)30(28,29)24-17-7-5-6-16(23)12-17/h5-9,12-13,24H,3-4,10-11,14-15H2,1-2H3. The number of carbonyl (C=O) groups excluding carboxylic acids is 1. The first-order chi connectivity index (χ1) is 14.2. The van der Waals surface area contributed by atoms with Crippen molar-refractivity contribution in [3.05, 3.63) is 53.8 Å². The predicted octanol–water partition coefficient (Wildman–Crippen LogP) is 3.35. The second-order valence-corrected chi connectivity index (χ2v) is 10.3. The molecule has 1 fully saturated rings. The van der Waals surface area contributed by atoms with Gasteiger partial charge < -0.3 is 9.80 Å². The van der Waals surface area contributed by atoms with Crippen molar-refractivity contribution in [3.8, 4) is 0 Å². The van der Waals surface area contributed by atoms with Crippen molar-refractivity contribution in [1.29, 1.82) is 0 Å². The predicted molar refractivity (Wildman–Crippen MR) is 115 cm³/mol. The molecule has 1 saturated heterocycles. The number of sulfonamides is 1. The molecule has 0 bridgehead atoms. The maximum absolute atomic E-state index is 13.4. The largest absolute Gasteiger partial charge is 0.361 e. The fraction of sp³-hybridized carbons (Fsp3) is 0.409. The SMILES string of the molecule is CC1(C)CN(CC(=O)N2CCCC2)c2ccc(S(=O)(=O)Nc3cccc(F)c3)cc21. The maximum atomic E-state index is 13.4. The Balaban J connectivity index is 1.59. The van der Waals surface area contributed by atoms with Crippen LogP contribution in [0.15, 0.2) is 47.4 Å².